The van der Waals surface area contributed by atoms with Crippen LogP contribution in [0.1, 0.15) is 0 Å². The topological polar surface area (TPSA) is 42.2 Å². The Morgan fingerprint density at radius 1 is 1.23 bits per heavy atom. The van der Waals surface area contributed by atoms with Crippen molar-refractivity contribution in [3.8, 4) is 16.9 Å². The van der Waals surface area contributed by atoms with Gasteiger partial charge in [-0.3, -0.25) is 0 Å². The van der Waals surface area contributed by atoms with Crippen LogP contribution in [-0.2, 0) is 0 Å². The molecule has 0 spiro atoms. The van der Waals surface area contributed by atoms with E-state index >= 15 is 0 Å². The van der Waals surface area contributed by atoms with E-state index in [1.54, 1.807) is 0 Å². The Kier molecular flexibility index (Phi) is 2.28. The molecule has 4 heteroatoms. The third-order valence-electron chi connectivity index (χ3n) is 1.68. The lowest BCUT2D eigenvalue weighted by molar-refractivity contribution is 0.171. The second-order valence-electron chi connectivity index (χ2n) is 2.50. The van der Waals surface area contributed by atoms with Gasteiger partial charge in [0.15, 0.2) is 11.5 Å². The Bertz CT molecular complexity index is 359. The quantitative estimate of drug-likeness (QED) is 0.505. The summed E-state index contributed by atoms with van der Waals surface area (Å²) < 4.78 is 10.7. The maximum absolute atomic E-state index is 8.46. The molecule has 0 saturated carbocycles. The highest BCUT2D eigenvalue weighted by Crippen LogP contribution is 2.33. The summed E-state index contributed by atoms with van der Waals surface area (Å²) >= 11 is 1.12. The zero-order valence-corrected chi connectivity index (χ0v) is 7.63. The van der Waals surface area contributed by atoms with Crippen molar-refractivity contribution in [3.05, 3.63) is 18.2 Å². The predicted octanol–water partition coefficient (Wildman–Crippen LogP) is 2.03. The summed E-state index contributed by atoms with van der Waals surface area (Å²) in [5, 5.41) is 10.5. The van der Waals surface area contributed by atoms with Crippen molar-refractivity contribution in [3.63, 3.8) is 0 Å². The number of hydrogen-bond acceptors (Lipinski definition) is 4. The molecule has 13 heavy (non-hydrogen) atoms. The summed E-state index contributed by atoms with van der Waals surface area (Å²) in [4.78, 5) is 0.881. The highest BCUT2D eigenvalue weighted by atomic mass is 32.2. The van der Waals surface area contributed by atoms with E-state index in [1.165, 1.54) is 0 Å². The molecule has 1 aromatic carbocycles. The number of fused-ring (bicyclic) bond motifs is 1. The number of thiocyanates is 1. The Balaban J connectivity index is 2.31. The van der Waals surface area contributed by atoms with Gasteiger partial charge in [-0.2, -0.15) is 5.26 Å². The van der Waals surface area contributed by atoms with Gasteiger partial charge in [0, 0.05) is 4.90 Å². The molecule has 0 fully saturated rings. The lowest BCUT2D eigenvalue weighted by atomic mass is 10.3. The van der Waals surface area contributed by atoms with E-state index in [0.29, 0.717) is 13.2 Å². The number of thioether (sulfide) groups is 1. The van der Waals surface area contributed by atoms with Crippen LogP contribution < -0.4 is 9.47 Å². The molecule has 1 aliphatic rings. The normalized spacial score (nSPS) is 13.5. The fraction of sp³-hybridized carbons (Fsp3) is 0.222. The van der Waals surface area contributed by atoms with Gasteiger partial charge < -0.3 is 9.47 Å². The molecule has 2 rings (SSSR count). The molecule has 66 valence electrons. The summed E-state index contributed by atoms with van der Waals surface area (Å²) in [6, 6.07) is 5.50. The predicted molar refractivity (Wildman–Crippen MR) is 48.9 cm³/mol. The molecule has 0 amide bonds. The van der Waals surface area contributed by atoms with Crippen LogP contribution in [-0.4, -0.2) is 13.2 Å². The Morgan fingerprint density at radius 2 is 2.00 bits per heavy atom. The zero-order valence-electron chi connectivity index (χ0n) is 6.82. The third-order valence-corrected chi connectivity index (χ3v) is 2.26. The summed E-state index contributed by atoms with van der Waals surface area (Å²) in [5.41, 5.74) is 0. The molecule has 0 aliphatic carbocycles. The van der Waals surface area contributed by atoms with Crippen molar-refractivity contribution >= 4 is 11.8 Å². The average molecular weight is 193 g/mol. The zero-order chi connectivity index (χ0) is 9.10. The van der Waals surface area contributed by atoms with E-state index in [9.17, 15) is 0 Å². The Hall–Kier alpha value is -1.34. The summed E-state index contributed by atoms with van der Waals surface area (Å²) in [5.74, 6) is 1.49. The first-order chi connectivity index (χ1) is 6.40. The van der Waals surface area contributed by atoms with E-state index in [1.807, 2.05) is 23.6 Å². The fourth-order valence-corrected chi connectivity index (χ4v) is 1.55. The number of benzene rings is 1. The first-order valence-corrected chi connectivity index (χ1v) is 4.67. The molecule has 0 bridgehead atoms. The number of ether oxygens (including phenoxy) is 2. The lowest BCUT2D eigenvalue weighted by Gasteiger charge is -2.18. The first kappa shape index (κ1) is 8.27. The molecule has 3 nitrogen and oxygen atoms in total. The van der Waals surface area contributed by atoms with Crippen LogP contribution in [0.2, 0.25) is 0 Å². The Morgan fingerprint density at radius 3 is 2.77 bits per heavy atom. The van der Waals surface area contributed by atoms with E-state index in [4.69, 9.17) is 14.7 Å². The van der Waals surface area contributed by atoms with Gasteiger partial charge in [0.05, 0.1) is 0 Å². The van der Waals surface area contributed by atoms with Gasteiger partial charge >= 0.3 is 0 Å². The molecule has 0 radical (unpaired) electrons. The van der Waals surface area contributed by atoms with E-state index in [2.05, 4.69) is 0 Å². The molecule has 0 atom stereocenters. The van der Waals surface area contributed by atoms with Crippen LogP contribution in [0.4, 0.5) is 0 Å². The van der Waals surface area contributed by atoms with Crippen molar-refractivity contribution in [2.24, 2.45) is 0 Å². The van der Waals surface area contributed by atoms with Crippen LogP contribution in [0.5, 0.6) is 11.5 Å². The molecule has 0 N–H and O–H groups in total. The van der Waals surface area contributed by atoms with E-state index < -0.39 is 0 Å². The second kappa shape index (κ2) is 3.58. The SMILES string of the molecule is N#CSc1ccc2c(c1)OCCO2. The summed E-state index contributed by atoms with van der Waals surface area (Å²) in [6.07, 6.45) is 0. The van der Waals surface area contributed by atoms with Crippen LogP contribution >= 0.6 is 11.8 Å². The van der Waals surface area contributed by atoms with Gasteiger partial charge in [-0.05, 0) is 30.0 Å². The monoisotopic (exact) mass is 193 g/mol. The number of hydrogen-bond donors (Lipinski definition) is 0. The molecule has 1 aromatic rings. The highest BCUT2D eigenvalue weighted by molar-refractivity contribution is 8.03. The smallest absolute Gasteiger partial charge is 0.162 e. The van der Waals surface area contributed by atoms with Crippen LogP contribution in [0, 0.1) is 10.7 Å². The molecule has 1 aliphatic heterocycles. The summed E-state index contributed by atoms with van der Waals surface area (Å²) in [7, 11) is 0. The Labute approximate surface area is 80.3 Å². The minimum absolute atomic E-state index is 0.577. The van der Waals surface area contributed by atoms with Crippen LogP contribution in [0.3, 0.4) is 0 Å². The number of nitrogens with zero attached hydrogens (tertiary/aromatic N) is 1. The minimum atomic E-state index is 0.577. The second-order valence-corrected chi connectivity index (χ2v) is 3.36. The van der Waals surface area contributed by atoms with Crippen molar-refractivity contribution in [2.75, 3.05) is 13.2 Å². The fourth-order valence-electron chi connectivity index (χ4n) is 1.14. The van der Waals surface area contributed by atoms with Crippen molar-refractivity contribution in [2.45, 2.75) is 4.90 Å². The largest absolute Gasteiger partial charge is 0.486 e. The van der Waals surface area contributed by atoms with E-state index in [0.717, 1.165) is 28.2 Å². The van der Waals surface area contributed by atoms with Crippen LogP contribution in [0.15, 0.2) is 23.1 Å². The molecule has 0 saturated heterocycles. The summed E-state index contributed by atoms with van der Waals surface area (Å²) in [6.45, 7) is 1.17. The van der Waals surface area contributed by atoms with E-state index in [-0.39, 0.29) is 0 Å². The van der Waals surface area contributed by atoms with Gasteiger partial charge in [-0.25, -0.2) is 0 Å². The van der Waals surface area contributed by atoms with Gasteiger partial charge in [0.2, 0.25) is 0 Å². The van der Waals surface area contributed by atoms with Crippen molar-refractivity contribution in [1.29, 1.82) is 5.26 Å². The molecular formula is C9H7NO2S. The van der Waals surface area contributed by atoms with Crippen LogP contribution in [0.25, 0.3) is 0 Å². The molecule has 0 aromatic heterocycles. The molecule has 0 unspecified atom stereocenters. The van der Waals surface area contributed by atoms with Crippen molar-refractivity contribution < 1.29 is 9.47 Å². The molecular weight excluding hydrogens is 186 g/mol. The van der Waals surface area contributed by atoms with Gasteiger partial charge in [0.25, 0.3) is 0 Å². The number of nitriles is 1. The number of rotatable bonds is 1. The van der Waals surface area contributed by atoms with Gasteiger partial charge in [-0.15, -0.1) is 0 Å². The lowest BCUT2D eigenvalue weighted by Crippen LogP contribution is -2.15. The standard InChI is InChI=1S/C9H7NO2S/c10-6-13-7-1-2-8-9(5-7)12-4-3-11-8/h1-2,5H,3-4H2. The highest BCUT2D eigenvalue weighted by Gasteiger charge is 2.11. The molecule has 1 heterocycles. The van der Waals surface area contributed by atoms with Crippen molar-refractivity contribution in [1.82, 2.24) is 0 Å². The maximum atomic E-state index is 8.46. The third kappa shape index (κ3) is 1.70. The average Bonchev–Trinajstić information content (AvgIpc) is 2.18. The van der Waals surface area contributed by atoms with Gasteiger partial charge in [-0.1, -0.05) is 0 Å². The minimum Gasteiger partial charge on any atom is -0.486 e. The first-order valence-electron chi connectivity index (χ1n) is 3.86. The maximum Gasteiger partial charge on any atom is 0.162 e. The van der Waals surface area contributed by atoms with Gasteiger partial charge in [0.1, 0.15) is 18.6 Å².